The molecule has 0 saturated heterocycles. The Kier molecular flexibility index (Phi) is 5.73. The molecular weight excluding hydrogens is 242 g/mol. The van der Waals surface area contributed by atoms with Gasteiger partial charge in [0.25, 0.3) is 5.91 Å². The Bertz CT molecular complexity index is 451. The molecule has 1 aromatic heterocycles. The summed E-state index contributed by atoms with van der Waals surface area (Å²) in [5, 5.41) is 11.7. The van der Waals surface area contributed by atoms with Gasteiger partial charge in [-0.3, -0.25) is 4.79 Å². The first kappa shape index (κ1) is 14.9. The molecule has 1 heterocycles. The van der Waals surface area contributed by atoms with E-state index in [9.17, 15) is 4.79 Å². The van der Waals surface area contributed by atoms with Crippen molar-refractivity contribution in [2.75, 3.05) is 18.9 Å². The number of carbonyl (C=O) groups is 1. The highest BCUT2D eigenvalue weighted by atomic mass is 16.2. The SMILES string of the molecule is CCCNc1cnc(C(=O)N(C)C(C)CC#N)cn1. The largest absolute Gasteiger partial charge is 0.369 e. The molecule has 0 radical (unpaired) electrons. The molecule has 1 amide bonds. The zero-order valence-electron chi connectivity index (χ0n) is 11.6. The average Bonchev–Trinajstić information content (AvgIpc) is 2.44. The molecule has 0 aliphatic rings. The van der Waals surface area contributed by atoms with Crippen molar-refractivity contribution in [1.82, 2.24) is 14.9 Å². The third kappa shape index (κ3) is 4.21. The lowest BCUT2D eigenvalue weighted by Gasteiger charge is -2.22. The van der Waals surface area contributed by atoms with E-state index in [-0.39, 0.29) is 17.6 Å². The second-order valence-corrected chi connectivity index (χ2v) is 4.34. The number of aromatic nitrogens is 2. The lowest BCUT2D eigenvalue weighted by atomic mass is 10.2. The Hall–Kier alpha value is -2.16. The Morgan fingerprint density at radius 2 is 2.26 bits per heavy atom. The van der Waals surface area contributed by atoms with E-state index in [1.165, 1.54) is 11.1 Å². The number of carbonyl (C=O) groups excluding carboxylic acids is 1. The molecule has 0 aliphatic heterocycles. The van der Waals surface area contributed by atoms with Crippen molar-refractivity contribution in [3.8, 4) is 6.07 Å². The maximum absolute atomic E-state index is 12.1. The minimum absolute atomic E-state index is 0.141. The maximum atomic E-state index is 12.1. The zero-order chi connectivity index (χ0) is 14.3. The highest BCUT2D eigenvalue weighted by molar-refractivity contribution is 5.92. The zero-order valence-corrected chi connectivity index (χ0v) is 11.6. The summed E-state index contributed by atoms with van der Waals surface area (Å²) in [7, 11) is 1.66. The van der Waals surface area contributed by atoms with Gasteiger partial charge in [0.2, 0.25) is 0 Å². The van der Waals surface area contributed by atoms with E-state index in [4.69, 9.17) is 5.26 Å². The summed E-state index contributed by atoms with van der Waals surface area (Å²) in [6.45, 7) is 4.71. The topological polar surface area (TPSA) is 81.9 Å². The van der Waals surface area contributed by atoms with Crippen molar-refractivity contribution in [3.05, 3.63) is 18.1 Å². The van der Waals surface area contributed by atoms with Gasteiger partial charge >= 0.3 is 0 Å². The Labute approximate surface area is 113 Å². The molecule has 0 saturated carbocycles. The van der Waals surface area contributed by atoms with Gasteiger partial charge < -0.3 is 10.2 Å². The van der Waals surface area contributed by atoms with Crippen LogP contribution < -0.4 is 5.32 Å². The van der Waals surface area contributed by atoms with E-state index >= 15 is 0 Å². The summed E-state index contributed by atoms with van der Waals surface area (Å²) >= 11 is 0. The van der Waals surface area contributed by atoms with Crippen LogP contribution in [0.2, 0.25) is 0 Å². The number of nitrogens with one attached hydrogen (secondary N) is 1. The first-order chi connectivity index (χ1) is 9.10. The van der Waals surface area contributed by atoms with Crippen LogP contribution in [0, 0.1) is 11.3 Å². The van der Waals surface area contributed by atoms with Crippen molar-refractivity contribution in [2.24, 2.45) is 0 Å². The van der Waals surface area contributed by atoms with Gasteiger partial charge in [0.1, 0.15) is 11.5 Å². The predicted octanol–water partition coefficient (Wildman–Crippen LogP) is 1.67. The fraction of sp³-hybridized carbons (Fsp3) is 0.538. The number of nitriles is 1. The molecule has 0 aliphatic carbocycles. The van der Waals surface area contributed by atoms with Crippen molar-refractivity contribution in [3.63, 3.8) is 0 Å². The molecule has 1 N–H and O–H groups in total. The van der Waals surface area contributed by atoms with Gasteiger partial charge in [0, 0.05) is 19.6 Å². The standard InChI is InChI=1S/C13H19N5O/c1-4-7-15-12-9-16-11(8-17-12)13(19)18(3)10(2)5-6-14/h8-10H,4-5,7H2,1-3H3,(H,15,17). The smallest absolute Gasteiger partial charge is 0.274 e. The van der Waals surface area contributed by atoms with Gasteiger partial charge in [0.15, 0.2) is 0 Å². The lowest BCUT2D eigenvalue weighted by Crippen LogP contribution is -2.35. The summed E-state index contributed by atoms with van der Waals surface area (Å²) in [5.74, 6) is 0.434. The number of anilines is 1. The quantitative estimate of drug-likeness (QED) is 0.842. The Morgan fingerprint density at radius 3 is 2.79 bits per heavy atom. The van der Waals surface area contributed by atoms with Gasteiger partial charge in [-0.2, -0.15) is 5.26 Å². The van der Waals surface area contributed by atoms with Crippen molar-refractivity contribution >= 4 is 11.7 Å². The molecule has 0 fully saturated rings. The molecule has 19 heavy (non-hydrogen) atoms. The summed E-state index contributed by atoms with van der Waals surface area (Å²) < 4.78 is 0. The number of hydrogen-bond acceptors (Lipinski definition) is 5. The monoisotopic (exact) mass is 261 g/mol. The van der Waals surface area contributed by atoms with E-state index in [1.807, 2.05) is 13.0 Å². The normalized spacial score (nSPS) is 11.5. The Balaban J connectivity index is 2.70. The van der Waals surface area contributed by atoms with Gasteiger partial charge in [-0.15, -0.1) is 0 Å². The fourth-order valence-corrected chi connectivity index (χ4v) is 1.43. The van der Waals surface area contributed by atoms with Gasteiger partial charge in [-0.1, -0.05) is 6.92 Å². The third-order valence-corrected chi connectivity index (χ3v) is 2.80. The first-order valence-electron chi connectivity index (χ1n) is 6.30. The van der Waals surface area contributed by atoms with Crippen LogP contribution in [-0.4, -0.2) is 40.4 Å². The predicted molar refractivity (Wildman–Crippen MR) is 72.6 cm³/mol. The van der Waals surface area contributed by atoms with Gasteiger partial charge in [0.05, 0.1) is 24.9 Å². The van der Waals surface area contributed by atoms with Gasteiger partial charge in [-0.25, -0.2) is 9.97 Å². The van der Waals surface area contributed by atoms with Crippen molar-refractivity contribution in [2.45, 2.75) is 32.7 Å². The molecule has 1 unspecified atom stereocenters. The summed E-state index contributed by atoms with van der Waals surface area (Å²) in [6, 6.07) is 1.91. The molecule has 1 atom stereocenters. The Morgan fingerprint density at radius 1 is 1.53 bits per heavy atom. The van der Waals surface area contributed by atoms with E-state index in [0.29, 0.717) is 12.2 Å². The molecule has 0 aromatic carbocycles. The first-order valence-corrected chi connectivity index (χ1v) is 6.30. The molecule has 1 aromatic rings. The third-order valence-electron chi connectivity index (χ3n) is 2.80. The highest BCUT2D eigenvalue weighted by Crippen LogP contribution is 2.07. The van der Waals surface area contributed by atoms with E-state index in [1.54, 1.807) is 13.2 Å². The van der Waals surface area contributed by atoms with Crippen LogP contribution in [0.15, 0.2) is 12.4 Å². The van der Waals surface area contributed by atoms with Crippen molar-refractivity contribution < 1.29 is 4.79 Å². The van der Waals surface area contributed by atoms with Crippen LogP contribution in [0.1, 0.15) is 37.2 Å². The van der Waals surface area contributed by atoms with Crippen LogP contribution in [0.5, 0.6) is 0 Å². The molecular formula is C13H19N5O. The van der Waals surface area contributed by atoms with Crippen LogP contribution >= 0.6 is 0 Å². The van der Waals surface area contributed by atoms with Crippen LogP contribution in [0.3, 0.4) is 0 Å². The number of hydrogen-bond donors (Lipinski definition) is 1. The molecule has 6 nitrogen and oxygen atoms in total. The van der Waals surface area contributed by atoms with Crippen LogP contribution in [0.4, 0.5) is 5.82 Å². The maximum Gasteiger partial charge on any atom is 0.274 e. The number of nitrogens with zero attached hydrogens (tertiary/aromatic N) is 4. The number of amides is 1. The van der Waals surface area contributed by atoms with E-state index in [2.05, 4.69) is 22.2 Å². The average molecular weight is 261 g/mol. The lowest BCUT2D eigenvalue weighted by molar-refractivity contribution is 0.0740. The highest BCUT2D eigenvalue weighted by Gasteiger charge is 2.18. The second-order valence-electron chi connectivity index (χ2n) is 4.34. The molecule has 1 rings (SSSR count). The van der Waals surface area contributed by atoms with E-state index < -0.39 is 0 Å². The van der Waals surface area contributed by atoms with Crippen LogP contribution in [-0.2, 0) is 0 Å². The minimum Gasteiger partial charge on any atom is -0.369 e. The summed E-state index contributed by atoms with van der Waals surface area (Å²) in [4.78, 5) is 21.8. The van der Waals surface area contributed by atoms with Crippen LogP contribution in [0.25, 0.3) is 0 Å². The second kappa shape index (κ2) is 7.31. The fourth-order valence-electron chi connectivity index (χ4n) is 1.43. The van der Waals surface area contributed by atoms with E-state index in [0.717, 1.165) is 13.0 Å². The van der Waals surface area contributed by atoms with Gasteiger partial charge in [-0.05, 0) is 13.3 Å². The minimum atomic E-state index is -0.225. The summed E-state index contributed by atoms with van der Waals surface area (Å²) in [6.07, 6.45) is 4.30. The molecule has 0 bridgehead atoms. The molecule has 6 heteroatoms. The molecule has 102 valence electrons. The van der Waals surface area contributed by atoms with Crippen molar-refractivity contribution in [1.29, 1.82) is 5.26 Å². The summed E-state index contributed by atoms with van der Waals surface area (Å²) in [5.41, 5.74) is 0.286. The molecule has 0 spiro atoms. The number of rotatable bonds is 6.